The Labute approximate surface area is 123 Å². The van der Waals surface area contributed by atoms with Crippen molar-refractivity contribution in [2.24, 2.45) is 0 Å². The van der Waals surface area contributed by atoms with E-state index in [1.54, 1.807) is 11.3 Å². The molecule has 2 heterocycles. The van der Waals surface area contributed by atoms with Gasteiger partial charge in [0.2, 0.25) is 0 Å². The molecular formula is C15H22N2S2. The quantitative estimate of drug-likeness (QED) is 0.839. The Hall–Kier alpha value is -0.710. The topological polar surface area (TPSA) is 24.9 Å². The average Bonchev–Trinajstić information content (AvgIpc) is 2.99. The molecule has 0 amide bonds. The zero-order valence-electron chi connectivity index (χ0n) is 11.9. The van der Waals surface area contributed by atoms with Crippen molar-refractivity contribution in [3.8, 4) is 0 Å². The van der Waals surface area contributed by atoms with Gasteiger partial charge in [-0.2, -0.15) is 0 Å². The SMILES string of the molecule is CCNC(Cc1csc(C)n1)Cc1ccc(CC)s1. The molecule has 0 bridgehead atoms. The number of likely N-dealkylation sites (N-methyl/N-ethyl adjacent to an activating group) is 1. The minimum atomic E-state index is 0.495. The minimum Gasteiger partial charge on any atom is -0.314 e. The summed E-state index contributed by atoms with van der Waals surface area (Å²) in [5.41, 5.74) is 1.22. The van der Waals surface area contributed by atoms with Crippen molar-refractivity contribution in [1.29, 1.82) is 0 Å². The highest BCUT2D eigenvalue weighted by molar-refractivity contribution is 7.12. The van der Waals surface area contributed by atoms with Crippen LogP contribution in [-0.2, 0) is 19.3 Å². The van der Waals surface area contributed by atoms with Crippen LogP contribution in [0.4, 0.5) is 0 Å². The zero-order chi connectivity index (χ0) is 13.7. The molecule has 0 aliphatic carbocycles. The van der Waals surface area contributed by atoms with E-state index in [0.29, 0.717) is 6.04 Å². The van der Waals surface area contributed by atoms with E-state index in [1.165, 1.54) is 15.4 Å². The smallest absolute Gasteiger partial charge is 0.0897 e. The van der Waals surface area contributed by atoms with Gasteiger partial charge in [-0.3, -0.25) is 0 Å². The molecule has 104 valence electrons. The van der Waals surface area contributed by atoms with E-state index in [2.05, 4.69) is 48.6 Å². The molecule has 2 nitrogen and oxygen atoms in total. The predicted molar refractivity (Wildman–Crippen MR) is 85.4 cm³/mol. The van der Waals surface area contributed by atoms with Crippen LogP contribution in [0, 0.1) is 6.92 Å². The maximum absolute atomic E-state index is 4.58. The van der Waals surface area contributed by atoms with E-state index in [9.17, 15) is 0 Å². The van der Waals surface area contributed by atoms with Gasteiger partial charge in [0.25, 0.3) is 0 Å². The largest absolute Gasteiger partial charge is 0.314 e. The van der Waals surface area contributed by atoms with Gasteiger partial charge in [0.15, 0.2) is 0 Å². The molecule has 4 heteroatoms. The second kappa shape index (κ2) is 7.17. The van der Waals surface area contributed by atoms with Crippen LogP contribution in [-0.4, -0.2) is 17.6 Å². The lowest BCUT2D eigenvalue weighted by molar-refractivity contribution is 0.520. The molecule has 2 rings (SSSR count). The van der Waals surface area contributed by atoms with Crippen LogP contribution in [0.15, 0.2) is 17.5 Å². The van der Waals surface area contributed by atoms with Crippen LogP contribution in [0.5, 0.6) is 0 Å². The predicted octanol–water partition coefficient (Wildman–Crippen LogP) is 3.84. The number of thiazole rings is 1. The van der Waals surface area contributed by atoms with Crippen LogP contribution < -0.4 is 5.32 Å². The molecule has 2 aromatic heterocycles. The fourth-order valence-corrected chi connectivity index (χ4v) is 3.89. The van der Waals surface area contributed by atoms with Crippen molar-refractivity contribution >= 4 is 22.7 Å². The Morgan fingerprint density at radius 2 is 2.00 bits per heavy atom. The normalized spacial score (nSPS) is 12.8. The van der Waals surface area contributed by atoms with Crippen LogP contribution in [0.1, 0.15) is 34.3 Å². The number of rotatable bonds is 7. The van der Waals surface area contributed by atoms with Crippen LogP contribution >= 0.6 is 22.7 Å². The van der Waals surface area contributed by atoms with E-state index in [4.69, 9.17) is 0 Å². The number of hydrogen-bond acceptors (Lipinski definition) is 4. The van der Waals surface area contributed by atoms with E-state index >= 15 is 0 Å². The molecule has 0 aliphatic rings. The van der Waals surface area contributed by atoms with Crippen molar-refractivity contribution in [2.45, 2.75) is 46.1 Å². The maximum atomic E-state index is 4.58. The Bertz CT molecular complexity index is 502. The second-order valence-corrected chi connectivity index (χ2v) is 7.06. The first-order valence-electron chi connectivity index (χ1n) is 6.93. The third-order valence-electron chi connectivity index (χ3n) is 3.13. The number of aromatic nitrogens is 1. The summed E-state index contributed by atoms with van der Waals surface area (Å²) >= 11 is 3.69. The summed E-state index contributed by atoms with van der Waals surface area (Å²) in [6, 6.07) is 5.03. The van der Waals surface area contributed by atoms with Gasteiger partial charge in [-0.1, -0.05) is 13.8 Å². The van der Waals surface area contributed by atoms with Crippen LogP contribution in [0.2, 0.25) is 0 Å². The summed E-state index contributed by atoms with van der Waals surface area (Å²) in [5, 5.41) is 6.94. The fourth-order valence-electron chi connectivity index (χ4n) is 2.22. The lowest BCUT2D eigenvalue weighted by Gasteiger charge is -2.15. The van der Waals surface area contributed by atoms with Crippen LogP contribution in [0.25, 0.3) is 0 Å². The maximum Gasteiger partial charge on any atom is 0.0897 e. The third kappa shape index (κ3) is 4.41. The summed E-state index contributed by atoms with van der Waals surface area (Å²) in [6.07, 6.45) is 3.27. The summed E-state index contributed by atoms with van der Waals surface area (Å²) in [4.78, 5) is 7.54. The molecule has 19 heavy (non-hydrogen) atoms. The van der Waals surface area contributed by atoms with E-state index < -0.39 is 0 Å². The van der Waals surface area contributed by atoms with Gasteiger partial charge in [0, 0.05) is 27.6 Å². The highest BCUT2D eigenvalue weighted by atomic mass is 32.1. The van der Waals surface area contributed by atoms with E-state index in [1.807, 2.05) is 11.3 Å². The number of nitrogens with zero attached hydrogens (tertiary/aromatic N) is 1. The zero-order valence-corrected chi connectivity index (χ0v) is 13.5. The standard InChI is InChI=1S/C15H22N2S2/c1-4-14-6-7-15(19-14)9-12(16-5-2)8-13-10-18-11(3)17-13/h6-7,10,12,16H,4-5,8-9H2,1-3H3. The molecule has 1 atom stereocenters. The molecular weight excluding hydrogens is 272 g/mol. The Morgan fingerprint density at radius 1 is 1.21 bits per heavy atom. The van der Waals surface area contributed by atoms with Crippen molar-refractivity contribution < 1.29 is 0 Å². The van der Waals surface area contributed by atoms with Gasteiger partial charge in [0.1, 0.15) is 0 Å². The second-order valence-electron chi connectivity index (χ2n) is 4.74. The monoisotopic (exact) mass is 294 g/mol. The Balaban J connectivity index is 1.99. The summed E-state index contributed by atoms with van der Waals surface area (Å²) < 4.78 is 0. The molecule has 2 aromatic rings. The number of aryl methyl sites for hydroxylation is 2. The summed E-state index contributed by atoms with van der Waals surface area (Å²) in [7, 11) is 0. The molecule has 1 unspecified atom stereocenters. The molecule has 0 aromatic carbocycles. The van der Waals surface area contributed by atoms with Crippen LogP contribution in [0.3, 0.4) is 0 Å². The highest BCUT2D eigenvalue weighted by Crippen LogP contribution is 2.20. The van der Waals surface area contributed by atoms with Gasteiger partial charge >= 0.3 is 0 Å². The Morgan fingerprint density at radius 3 is 2.58 bits per heavy atom. The molecule has 0 spiro atoms. The van der Waals surface area contributed by atoms with Gasteiger partial charge in [0.05, 0.1) is 10.7 Å². The molecule has 0 saturated carbocycles. The average molecular weight is 294 g/mol. The molecule has 0 fully saturated rings. The lowest BCUT2D eigenvalue weighted by atomic mass is 10.1. The third-order valence-corrected chi connectivity index (χ3v) is 5.20. The van der Waals surface area contributed by atoms with Gasteiger partial charge in [-0.25, -0.2) is 4.98 Å². The van der Waals surface area contributed by atoms with Crippen molar-refractivity contribution in [1.82, 2.24) is 10.3 Å². The number of thiophene rings is 1. The molecule has 0 radical (unpaired) electrons. The first-order chi connectivity index (χ1) is 9.21. The fraction of sp³-hybridized carbons (Fsp3) is 0.533. The number of hydrogen-bond donors (Lipinski definition) is 1. The lowest BCUT2D eigenvalue weighted by Crippen LogP contribution is -2.32. The van der Waals surface area contributed by atoms with E-state index in [-0.39, 0.29) is 0 Å². The van der Waals surface area contributed by atoms with Gasteiger partial charge in [-0.05, 0) is 38.4 Å². The molecule has 1 N–H and O–H groups in total. The molecule has 0 aliphatic heterocycles. The van der Waals surface area contributed by atoms with Gasteiger partial charge < -0.3 is 5.32 Å². The van der Waals surface area contributed by atoms with Crippen molar-refractivity contribution in [2.75, 3.05) is 6.54 Å². The Kier molecular flexibility index (Phi) is 5.55. The first-order valence-corrected chi connectivity index (χ1v) is 8.62. The van der Waals surface area contributed by atoms with Gasteiger partial charge in [-0.15, -0.1) is 22.7 Å². The van der Waals surface area contributed by atoms with Crippen molar-refractivity contribution in [3.05, 3.63) is 38.0 Å². The first kappa shape index (κ1) is 14.7. The minimum absolute atomic E-state index is 0.495. The van der Waals surface area contributed by atoms with E-state index in [0.717, 1.165) is 30.8 Å². The molecule has 0 saturated heterocycles. The summed E-state index contributed by atoms with van der Waals surface area (Å²) in [5.74, 6) is 0. The highest BCUT2D eigenvalue weighted by Gasteiger charge is 2.12. The number of nitrogens with one attached hydrogen (secondary N) is 1. The van der Waals surface area contributed by atoms with Crippen molar-refractivity contribution in [3.63, 3.8) is 0 Å². The summed E-state index contributed by atoms with van der Waals surface area (Å²) in [6.45, 7) is 7.48.